The number of halogens is 2. The average Bonchev–Trinajstić information content (AvgIpc) is 2.68. The monoisotopic (exact) mass is 395 g/mol. The molecule has 29 heavy (non-hydrogen) atoms. The van der Waals surface area contributed by atoms with Crippen LogP contribution in [0.4, 0.5) is 20.4 Å². The maximum atomic E-state index is 14.2. The predicted molar refractivity (Wildman–Crippen MR) is 106 cm³/mol. The Hall–Kier alpha value is -3.55. The minimum atomic E-state index is -0.675. The van der Waals surface area contributed by atoms with Crippen LogP contribution in [-0.2, 0) is 6.42 Å². The maximum Gasteiger partial charge on any atom is 0.141 e. The molecule has 1 aliphatic rings. The SMILES string of the molecule is N=C(c1cc(O)cc(F)c1)c1c(N)ncnc1NC1CCCc2c(F)cccc21. The molecule has 0 bridgehead atoms. The third-order valence-electron chi connectivity index (χ3n) is 5.06. The van der Waals surface area contributed by atoms with Crippen molar-refractivity contribution in [3.63, 3.8) is 0 Å². The van der Waals surface area contributed by atoms with E-state index in [0.29, 0.717) is 17.8 Å². The number of hydrogen-bond acceptors (Lipinski definition) is 6. The molecule has 0 spiro atoms. The van der Waals surface area contributed by atoms with Gasteiger partial charge in [-0.05, 0) is 48.6 Å². The zero-order chi connectivity index (χ0) is 20.5. The number of phenolic OH excluding ortho intramolecular Hbond substituents is 1. The molecular weight excluding hydrogens is 376 g/mol. The zero-order valence-electron chi connectivity index (χ0n) is 15.4. The molecule has 148 valence electrons. The second kappa shape index (κ2) is 7.46. The van der Waals surface area contributed by atoms with E-state index >= 15 is 0 Å². The number of nitrogens with one attached hydrogen (secondary N) is 2. The Labute approximate surface area is 166 Å². The average molecular weight is 395 g/mol. The molecule has 4 rings (SSSR count). The Bertz CT molecular complexity index is 1080. The van der Waals surface area contributed by atoms with Crippen LogP contribution in [0.3, 0.4) is 0 Å². The van der Waals surface area contributed by atoms with Crippen molar-refractivity contribution < 1.29 is 13.9 Å². The van der Waals surface area contributed by atoms with E-state index in [1.54, 1.807) is 6.07 Å². The first-order chi connectivity index (χ1) is 13.9. The Morgan fingerprint density at radius 1 is 1.21 bits per heavy atom. The number of rotatable bonds is 4. The highest BCUT2D eigenvalue weighted by Gasteiger charge is 2.25. The Kier molecular flexibility index (Phi) is 4.84. The summed E-state index contributed by atoms with van der Waals surface area (Å²) in [4.78, 5) is 8.18. The molecule has 1 atom stereocenters. The molecule has 1 aromatic heterocycles. The second-order valence-corrected chi connectivity index (χ2v) is 6.95. The molecule has 0 fully saturated rings. The van der Waals surface area contributed by atoms with Crippen LogP contribution >= 0.6 is 0 Å². The first-order valence-corrected chi connectivity index (χ1v) is 9.17. The summed E-state index contributed by atoms with van der Waals surface area (Å²) >= 11 is 0. The molecule has 1 unspecified atom stereocenters. The van der Waals surface area contributed by atoms with Gasteiger partial charge in [0, 0.05) is 11.6 Å². The van der Waals surface area contributed by atoms with Gasteiger partial charge >= 0.3 is 0 Å². The quantitative estimate of drug-likeness (QED) is 0.500. The van der Waals surface area contributed by atoms with Crippen molar-refractivity contribution in [2.75, 3.05) is 11.1 Å². The third kappa shape index (κ3) is 3.61. The van der Waals surface area contributed by atoms with E-state index in [2.05, 4.69) is 15.3 Å². The second-order valence-electron chi connectivity index (χ2n) is 6.95. The number of nitrogens with zero attached hydrogens (tertiary/aromatic N) is 2. The van der Waals surface area contributed by atoms with E-state index in [1.807, 2.05) is 6.07 Å². The number of aromatic hydroxyl groups is 1. The summed E-state index contributed by atoms with van der Waals surface area (Å²) in [5.74, 6) is -0.864. The molecule has 3 aromatic rings. The Balaban J connectivity index is 1.73. The van der Waals surface area contributed by atoms with E-state index < -0.39 is 5.82 Å². The number of nitrogens with two attached hydrogens (primary N) is 1. The first-order valence-electron chi connectivity index (χ1n) is 9.17. The van der Waals surface area contributed by atoms with Gasteiger partial charge < -0.3 is 16.2 Å². The number of anilines is 2. The van der Waals surface area contributed by atoms with Crippen LogP contribution in [0.15, 0.2) is 42.7 Å². The van der Waals surface area contributed by atoms with Crippen LogP contribution in [0.5, 0.6) is 5.75 Å². The van der Waals surface area contributed by atoms with Gasteiger partial charge in [-0.3, -0.25) is 5.41 Å². The van der Waals surface area contributed by atoms with Crippen molar-refractivity contribution >= 4 is 17.3 Å². The molecule has 5 N–H and O–H groups in total. The van der Waals surface area contributed by atoms with Gasteiger partial charge in [0.2, 0.25) is 0 Å². The lowest BCUT2D eigenvalue weighted by Crippen LogP contribution is -2.21. The largest absolute Gasteiger partial charge is 0.508 e. The van der Waals surface area contributed by atoms with Crippen LogP contribution in [-0.4, -0.2) is 20.8 Å². The molecule has 0 aliphatic heterocycles. The van der Waals surface area contributed by atoms with Crippen LogP contribution in [0.25, 0.3) is 0 Å². The van der Waals surface area contributed by atoms with E-state index in [9.17, 15) is 13.9 Å². The lowest BCUT2D eigenvalue weighted by molar-refractivity contribution is 0.469. The Morgan fingerprint density at radius 2 is 2.03 bits per heavy atom. The van der Waals surface area contributed by atoms with Gasteiger partial charge in [-0.15, -0.1) is 0 Å². The van der Waals surface area contributed by atoms with Crippen molar-refractivity contribution in [2.24, 2.45) is 0 Å². The minimum Gasteiger partial charge on any atom is -0.508 e. The maximum absolute atomic E-state index is 14.2. The van der Waals surface area contributed by atoms with Gasteiger partial charge in [0.1, 0.15) is 35.3 Å². The van der Waals surface area contributed by atoms with Crippen LogP contribution in [0.1, 0.15) is 41.1 Å². The summed E-state index contributed by atoms with van der Waals surface area (Å²) in [5.41, 5.74) is 7.73. The highest BCUT2D eigenvalue weighted by atomic mass is 19.1. The summed E-state index contributed by atoms with van der Waals surface area (Å²) in [6.45, 7) is 0. The van der Waals surface area contributed by atoms with Crippen LogP contribution in [0, 0.1) is 17.0 Å². The van der Waals surface area contributed by atoms with Crippen molar-refractivity contribution in [3.05, 3.63) is 76.6 Å². The van der Waals surface area contributed by atoms with Crippen molar-refractivity contribution in [1.82, 2.24) is 9.97 Å². The molecule has 6 nitrogen and oxygen atoms in total. The molecule has 0 amide bonds. The molecule has 0 saturated carbocycles. The normalized spacial score (nSPS) is 15.6. The highest BCUT2D eigenvalue weighted by Crippen LogP contribution is 2.35. The molecule has 1 heterocycles. The molecule has 0 saturated heterocycles. The minimum absolute atomic E-state index is 0.0477. The smallest absolute Gasteiger partial charge is 0.141 e. The van der Waals surface area contributed by atoms with Crippen molar-refractivity contribution in [2.45, 2.75) is 25.3 Å². The van der Waals surface area contributed by atoms with E-state index in [-0.39, 0.29) is 40.3 Å². The van der Waals surface area contributed by atoms with Gasteiger partial charge in [0.05, 0.1) is 17.3 Å². The number of benzene rings is 2. The van der Waals surface area contributed by atoms with Gasteiger partial charge in [0.15, 0.2) is 0 Å². The van der Waals surface area contributed by atoms with Gasteiger partial charge in [-0.1, -0.05) is 12.1 Å². The fourth-order valence-electron chi connectivity index (χ4n) is 3.74. The molecule has 8 heteroatoms. The molecule has 2 aromatic carbocycles. The summed E-state index contributed by atoms with van der Waals surface area (Å²) in [7, 11) is 0. The van der Waals surface area contributed by atoms with E-state index in [1.165, 1.54) is 18.5 Å². The van der Waals surface area contributed by atoms with E-state index in [0.717, 1.165) is 30.5 Å². The summed E-state index contributed by atoms with van der Waals surface area (Å²) in [6.07, 6.45) is 3.49. The van der Waals surface area contributed by atoms with Gasteiger partial charge in [-0.2, -0.15) is 0 Å². The van der Waals surface area contributed by atoms with Crippen LogP contribution in [0.2, 0.25) is 0 Å². The number of aromatic nitrogens is 2. The summed E-state index contributed by atoms with van der Waals surface area (Å²) in [6, 6.07) is 8.12. The van der Waals surface area contributed by atoms with E-state index in [4.69, 9.17) is 11.1 Å². The van der Waals surface area contributed by atoms with Crippen molar-refractivity contribution in [3.8, 4) is 5.75 Å². The summed E-state index contributed by atoms with van der Waals surface area (Å²) in [5, 5.41) is 21.4. The lowest BCUT2D eigenvalue weighted by atomic mass is 9.87. The lowest BCUT2D eigenvalue weighted by Gasteiger charge is -2.28. The number of nitrogen functional groups attached to an aromatic ring is 1. The summed E-state index contributed by atoms with van der Waals surface area (Å²) < 4.78 is 27.9. The topological polar surface area (TPSA) is 108 Å². The van der Waals surface area contributed by atoms with Gasteiger partial charge in [0.25, 0.3) is 0 Å². The standard InChI is InChI=1S/C21H19F2N5O/c22-12-7-11(8-13(29)9-12)19(24)18-20(25)26-10-27-21(18)28-17-6-2-3-14-15(17)4-1-5-16(14)23/h1,4-5,7-10,17,24,29H,2-3,6H2,(H3,25,26,27,28). The fraction of sp³-hybridized carbons (Fsp3) is 0.190. The third-order valence-corrected chi connectivity index (χ3v) is 5.06. The molecule has 1 aliphatic carbocycles. The number of phenols is 1. The molecular formula is C21H19F2N5O. The highest BCUT2D eigenvalue weighted by molar-refractivity contribution is 6.16. The zero-order valence-corrected chi connectivity index (χ0v) is 15.4. The number of hydrogen-bond donors (Lipinski definition) is 4. The van der Waals surface area contributed by atoms with Crippen molar-refractivity contribution in [1.29, 1.82) is 5.41 Å². The van der Waals surface area contributed by atoms with Crippen LogP contribution < -0.4 is 11.1 Å². The Morgan fingerprint density at radius 3 is 2.83 bits per heavy atom. The number of fused-ring (bicyclic) bond motifs is 1. The fourth-order valence-corrected chi connectivity index (χ4v) is 3.74. The predicted octanol–water partition coefficient (Wildman–Crippen LogP) is 3.95. The van der Waals surface area contributed by atoms with Gasteiger partial charge in [-0.25, -0.2) is 18.7 Å². The molecule has 0 radical (unpaired) electrons. The first kappa shape index (κ1) is 18.8.